The average Bonchev–Trinajstić information content (AvgIpc) is 2.87. The Morgan fingerprint density at radius 1 is 1.65 bits per heavy atom. The third kappa shape index (κ3) is 2.61. The smallest absolute Gasteiger partial charge is 0.240 e. The molecule has 1 amide bonds. The first-order valence-electron chi connectivity index (χ1n) is 6.07. The number of carbonyl (C=O) groups is 1. The highest BCUT2D eigenvalue weighted by Crippen LogP contribution is 2.23. The lowest BCUT2D eigenvalue weighted by Gasteiger charge is -2.26. The Morgan fingerprint density at radius 3 is 3.12 bits per heavy atom. The van der Waals surface area contributed by atoms with Gasteiger partial charge in [-0.2, -0.15) is 10.2 Å². The Balaban J connectivity index is 1.93. The van der Waals surface area contributed by atoms with E-state index in [2.05, 4.69) is 20.8 Å². The van der Waals surface area contributed by atoms with Crippen molar-refractivity contribution in [2.75, 3.05) is 6.54 Å². The third-order valence-corrected chi connectivity index (χ3v) is 3.34. The van der Waals surface area contributed by atoms with Crippen molar-refractivity contribution in [2.24, 2.45) is 0 Å². The van der Waals surface area contributed by atoms with Gasteiger partial charge in [-0.1, -0.05) is 6.92 Å². The van der Waals surface area contributed by atoms with Crippen molar-refractivity contribution in [3.8, 4) is 0 Å². The fraction of sp³-hybridized carbons (Fsp3) is 0.583. The molecule has 2 N–H and O–H groups in total. The number of hydrogen-bond donors (Lipinski definition) is 2. The number of rotatable bonds is 4. The van der Waals surface area contributed by atoms with Crippen molar-refractivity contribution < 1.29 is 4.79 Å². The standard InChI is InChI=1S/C12H18N4O/c1-2-12(6-4-7-14-12)11(17)13-9-10-5-3-8-15-16-10/h3,5,8,14H,2,4,6-7,9H2,1H3,(H,13,17). The van der Waals surface area contributed by atoms with E-state index >= 15 is 0 Å². The molecule has 1 atom stereocenters. The Morgan fingerprint density at radius 2 is 2.53 bits per heavy atom. The maximum absolute atomic E-state index is 12.1. The summed E-state index contributed by atoms with van der Waals surface area (Å²) in [6, 6.07) is 3.67. The summed E-state index contributed by atoms with van der Waals surface area (Å²) in [5.41, 5.74) is 0.410. The molecule has 2 rings (SSSR count). The van der Waals surface area contributed by atoms with E-state index in [0.29, 0.717) is 6.54 Å². The summed E-state index contributed by atoms with van der Waals surface area (Å²) in [6.07, 6.45) is 4.42. The van der Waals surface area contributed by atoms with Gasteiger partial charge in [-0.3, -0.25) is 4.79 Å². The van der Waals surface area contributed by atoms with Gasteiger partial charge < -0.3 is 10.6 Å². The summed E-state index contributed by atoms with van der Waals surface area (Å²) >= 11 is 0. The Kier molecular flexibility index (Phi) is 3.68. The number of amides is 1. The zero-order valence-electron chi connectivity index (χ0n) is 10.1. The van der Waals surface area contributed by atoms with Crippen LogP contribution in [0.1, 0.15) is 31.9 Å². The SMILES string of the molecule is CCC1(C(=O)NCc2cccnn2)CCCN1. The molecule has 1 aliphatic rings. The van der Waals surface area contributed by atoms with Gasteiger partial charge in [-0.15, -0.1) is 0 Å². The minimum atomic E-state index is -0.373. The largest absolute Gasteiger partial charge is 0.349 e. The quantitative estimate of drug-likeness (QED) is 0.801. The molecule has 0 bridgehead atoms. The molecule has 2 heterocycles. The predicted molar refractivity (Wildman–Crippen MR) is 64.1 cm³/mol. The maximum atomic E-state index is 12.1. The van der Waals surface area contributed by atoms with Crippen molar-refractivity contribution in [2.45, 2.75) is 38.3 Å². The molecule has 0 aromatic carbocycles. The molecular weight excluding hydrogens is 216 g/mol. The molecule has 0 radical (unpaired) electrons. The normalized spacial score (nSPS) is 23.6. The monoisotopic (exact) mass is 234 g/mol. The highest BCUT2D eigenvalue weighted by Gasteiger charge is 2.38. The molecule has 0 aliphatic carbocycles. The summed E-state index contributed by atoms with van der Waals surface area (Å²) in [5, 5.41) is 14.0. The fourth-order valence-corrected chi connectivity index (χ4v) is 2.23. The van der Waals surface area contributed by atoms with E-state index in [-0.39, 0.29) is 11.4 Å². The first kappa shape index (κ1) is 12.0. The van der Waals surface area contributed by atoms with Gasteiger partial charge in [-0.05, 0) is 37.9 Å². The van der Waals surface area contributed by atoms with Crippen molar-refractivity contribution in [3.63, 3.8) is 0 Å². The van der Waals surface area contributed by atoms with Crippen molar-refractivity contribution >= 4 is 5.91 Å². The molecule has 1 aromatic heterocycles. The molecule has 5 heteroatoms. The number of nitrogens with one attached hydrogen (secondary N) is 2. The molecule has 0 spiro atoms. The number of hydrogen-bond acceptors (Lipinski definition) is 4. The highest BCUT2D eigenvalue weighted by atomic mass is 16.2. The Labute approximate surface area is 101 Å². The van der Waals surface area contributed by atoms with Crippen LogP contribution in [0.2, 0.25) is 0 Å². The topological polar surface area (TPSA) is 66.9 Å². The molecule has 1 aromatic rings. The number of aromatic nitrogens is 2. The van der Waals surface area contributed by atoms with E-state index in [9.17, 15) is 4.79 Å². The van der Waals surface area contributed by atoms with E-state index in [1.807, 2.05) is 19.1 Å². The van der Waals surface area contributed by atoms with Crippen LogP contribution in [-0.4, -0.2) is 28.2 Å². The minimum absolute atomic E-state index is 0.0724. The molecular formula is C12H18N4O. The Bertz CT molecular complexity index is 373. The first-order valence-corrected chi connectivity index (χ1v) is 6.07. The summed E-state index contributed by atoms with van der Waals surface area (Å²) < 4.78 is 0. The van der Waals surface area contributed by atoms with Crippen molar-refractivity contribution in [1.29, 1.82) is 0 Å². The molecule has 0 saturated carbocycles. The zero-order valence-corrected chi connectivity index (χ0v) is 10.1. The zero-order chi connectivity index (χ0) is 12.1. The fourth-order valence-electron chi connectivity index (χ4n) is 2.23. The van der Waals surface area contributed by atoms with Gasteiger partial charge in [0.25, 0.3) is 0 Å². The Hall–Kier alpha value is -1.49. The molecule has 1 aliphatic heterocycles. The van der Waals surface area contributed by atoms with Crippen LogP contribution in [0, 0.1) is 0 Å². The summed E-state index contributed by atoms with van der Waals surface area (Å²) in [7, 11) is 0. The van der Waals surface area contributed by atoms with Gasteiger partial charge >= 0.3 is 0 Å². The second kappa shape index (κ2) is 5.23. The summed E-state index contributed by atoms with van der Waals surface area (Å²) in [6.45, 7) is 3.41. The summed E-state index contributed by atoms with van der Waals surface area (Å²) in [5.74, 6) is 0.0724. The molecule has 1 fully saturated rings. The van der Waals surface area contributed by atoms with Crippen LogP contribution in [0.5, 0.6) is 0 Å². The van der Waals surface area contributed by atoms with Crippen LogP contribution in [0.25, 0.3) is 0 Å². The highest BCUT2D eigenvalue weighted by molar-refractivity contribution is 5.86. The molecule has 92 valence electrons. The lowest BCUT2D eigenvalue weighted by atomic mass is 9.93. The third-order valence-electron chi connectivity index (χ3n) is 3.34. The van der Waals surface area contributed by atoms with E-state index in [1.54, 1.807) is 6.20 Å². The van der Waals surface area contributed by atoms with E-state index in [0.717, 1.165) is 31.5 Å². The molecule has 17 heavy (non-hydrogen) atoms. The second-order valence-electron chi connectivity index (χ2n) is 4.36. The molecule has 1 saturated heterocycles. The molecule has 5 nitrogen and oxygen atoms in total. The van der Waals surface area contributed by atoms with Crippen LogP contribution in [0.3, 0.4) is 0 Å². The maximum Gasteiger partial charge on any atom is 0.240 e. The van der Waals surface area contributed by atoms with E-state index in [1.165, 1.54) is 0 Å². The van der Waals surface area contributed by atoms with Crippen LogP contribution in [0.4, 0.5) is 0 Å². The number of nitrogens with zero attached hydrogens (tertiary/aromatic N) is 2. The van der Waals surface area contributed by atoms with Gasteiger partial charge in [0, 0.05) is 6.20 Å². The average molecular weight is 234 g/mol. The second-order valence-corrected chi connectivity index (χ2v) is 4.36. The van der Waals surface area contributed by atoms with Gasteiger partial charge in [0.1, 0.15) is 0 Å². The lowest BCUT2D eigenvalue weighted by Crippen LogP contribution is -2.52. The predicted octanol–water partition coefficient (Wildman–Crippen LogP) is 0.625. The number of carbonyl (C=O) groups excluding carboxylic acids is 1. The van der Waals surface area contributed by atoms with Crippen molar-refractivity contribution in [3.05, 3.63) is 24.0 Å². The van der Waals surface area contributed by atoms with Crippen molar-refractivity contribution in [1.82, 2.24) is 20.8 Å². The minimum Gasteiger partial charge on any atom is -0.349 e. The van der Waals surface area contributed by atoms with E-state index < -0.39 is 0 Å². The van der Waals surface area contributed by atoms with Crippen LogP contribution in [-0.2, 0) is 11.3 Å². The summed E-state index contributed by atoms with van der Waals surface area (Å²) in [4.78, 5) is 12.1. The van der Waals surface area contributed by atoms with Crippen LogP contribution in [0.15, 0.2) is 18.3 Å². The molecule has 1 unspecified atom stereocenters. The van der Waals surface area contributed by atoms with E-state index in [4.69, 9.17) is 0 Å². The first-order chi connectivity index (χ1) is 8.27. The van der Waals surface area contributed by atoms with Gasteiger partial charge in [-0.25, -0.2) is 0 Å². The van der Waals surface area contributed by atoms with Crippen LogP contribution < -0.4 is 10.6 Å². The van der Waals surface area contributed by atoms with Gasteiger partial charge in [0.2, 0.25) is 5.91 Å². The van der Waals surface area contributed by atoms with Crippen LogP contribution >= 0.6 is 0 Å². The van der Waals surface area contributed by atoms with Gasteiger partial charge in [0.15, 0.2) is 0 Å². The lowest BCUT2D eigenvalue weighted by molar-refractivity contribution is -0.127. The van der Waals surface area contributed by atoms with Gasteiger partial charge in [0.05, 0.1) is 17.8 Å².